The fraction of sp³-hybridized carbons (Fsp3) is 0. The number of hydrogen-bond acceptors (Lipinski definition) is 2. The average molecular weight is 385 g/mol. The second-order valence-corrected chi connectivity index (χ2v) is 4.94. The summed E-state index contributed by atoms with van der Waals surface area (Å²) in [5.41, 5.74) is 0.498. The van der Waals surface area contributed by atoms with Gasteiger partial charge in [-0.1, -0.05) is 11.6 Å². The molecule has 0 atom stereocenters. The Hall–Kier alpha value is -1.02. The van der Waals surface area contributed by atoms with Crippen LogP contribution in [0.1, 0.15) is 0 Å². The van der Waals surface area contributed by atoms with Crippen LogP contribution >= 0.6 is 34.2 Å². The Morgan fingerprint density at radius 1 is 1.11 bits per heavy atom. The summed E-state index contributed by atoms with van der Waals surface area (Å²) in [5, 5.41) is 3.09. The number of anilines is 2. The van der Waals surface area contributed by atoms with Crippen molar-refractivity contribution in [1.82, 2.24) is 4.98 Å². The van der Waals surface area contributed by atoms with Crippen molar-refractivity contribution in [3.05, 3.63) is 50.4 Å². The highest BCUT2D eigenvalue weighted by atomic mass is 127. The fourth-order valence-corrected chi connectivity index (χ4v) is 2.26. The van der Waals surface area contributed by atoms with Crippen LogP contribution in [0.2, 0.25) is 5.02 Å². The van der Waals surface area contributed by atoms with E-state index in [9.17, 15) is 13.2 Å². The van der Waals surface area contributed by atoms with E-state index in [1.807, 2.05) is 22.6 Å². The van der Waals surface area contributed by atoms with Gasteiger partial charge < -0.3 is 5.32 Å². The summed E-state index contributed by atoms with van der Waals surface area (Å²) in [6, 6.07) is 5.26. The Morgan fingerprint density at radius 2 is 1.83 bits per heavy atom. The lowest BCUT2D eigenvalue weighted by Crippen LogP contribution is -2.02. The maximum Gasteiger partial charge on any atom is 0.251 e. The summed E-state index contributed by atoms with van der Waals surface area (Å²) in [5.74, 6) is -4.04. The molecule has 0 aliphatic heterocycles. The van der Waals surface area contributed by atoms with E-state index >= 15 is 0 Å². The summed E-state index contributed by atoms with van der Waals surface area (Å²) < 4.78 is 39.7. The molecule has 0 unspecified atom stereocenters. The molecular weight excluding hydrogens is 379 g/mol. The van der Waals surface area contributed by atoms with Crippen molar-refractivity contribution in [1.29, 1.82) is 0 Å². The standard InChI is InChI=1S/C11H5ClF3IN2/c12-5-1-2-9(8(16)3-5)17-11-7(14)4-6(13)10(15)18-11/h1-4H,(H,17,18). The molecule has 1 aromatic carbocycles. The quantitative estimate of drug-likeness (QED) is 0.609. The van der Waals surface area contributed by atoms with Crippen molar-refractivity contribution in [2.45, 2.75) is 0 Å². The summed E-state index contributed by atoms with van der Waals surface area (Å²) >= 11 is 7.74. The zero-order valence-electron chi connectivity index (χ0n) is 8.65. The van der Waals surface area contributed by atoms with E-state index in [2.05, 4.69) is 10.3 Å². The average Bonchev–Trinajstić information content (AvgIpc) is 2.29. The van der Waals surface area contributed by atoms with Gasteiger partial charge in [0.05, 0.1) is 5.69 Å². The zero-order chi connectivity index (χ0) is 13.3. The van der Waals surface area contributed by atoms with E-state index in [4.69, 9.17) is 11.6 Å². The van der Waals surface area contributed by atoms with Crippen molar-refractivity contribution in [2.24, 2.45) is 0 Å². The van der Waals surface area contributed by atoms with E-state index in [0.29, 0.717) is 20.3 Å². The monoisotopic (exact) mass is 384 g/mol. The number of benzene rings is 1. The molecule has 1 heterocycles. The summed E-state index contributed by atoms with van der Waals surface area (Å²) in [6.07, 6.45) is 0. The largest absolute Gasteiger partial charge is 0.337 e. The van der Waals surface area contributed by atoms with Gasteiger partial charge in [0.2, 0.25) is 0 Å². The smallest absolute Gasteiger partial charge is 0.251 e. The minimum Gasteiger partial charge on any atom is -0.337 e. The molecule has 1 aromatic heterocycles. The van der Waals surface area contributed by atoms with Gasteiger partial charge in [-0.15, -0.1) is 0 Å². The van der Waals surface area contributed by atoms with Crippen molar-refractivity contribution >= 4 is 45.7 Å². The van der Waals surface area contributed by atoms with Crippen molar-refractivity contribution in [3.8, 4) is 0 Å². The van der Waals surface area contributed by atoms with Crippen LogP contribution in [0.3, 0.4) is 0 Å². The molecule has 0 saturated carbocycles. The van der Waals surface area contributed by atoms with Crippen molar-refractivity contribution < 1.29 is 13.2 Å². The molecule has 0 radical (unpaired) electrons. The number of nitrogens with zero attached hydrogens (tertiary/aromatic N) is 1. The minimum absolute atomic E-state index is 0.380. The van der Waals surface area contributed by atoms with Crippen LogP contribution in [-0.4, -0.2) is 4.98 Å². The van der Waals surface area contributed by atoms with Crippen LogP contribution in [0.15, 0.2) is 24.3 Å². The highest BCUT2D eigenvalue weighted by Gasteiger charge is 2.12. The first-order valence-corrected chi connectivity index (χ1v) is 6.16. The highest BCUT2D eigenvalue weighted by molar-refractivity contribution is 14.1. The van der Waals surface area contributed by atoms with Gasteiger partial charge in [-0.3, -0.25) is 0 Å². The van der Waals surface area contributed by atoms with Crippen LogP contribution in [0, 0.1) is 21.2 Å². The first-order chi connectivity index (χ1) is 8.47. The molecule has 0 fully saturated rings. The van der Waals surface area contributed by atoms with E-state index in [1.54, 1.807) is 18.2 Å². The second kappa shape index (κ2) is 5.31. The number of halogens is 5. The van der Waals surface area contributed by atoms with Gasteiger partial charge in [-0.2, -0.15) is 9.37 Å². The Kier molecular flexibility index (Phi) is 3.96. The molecule has 0 spiro atoms. The van der Waals surface area contributed by atoms with E-state index < -0.39 is 17.6 Å². The predicted octanol–water partition coefficient (Wildman–Crippen LogP) is 4.50. The van der Waals surface area contributed by atoms with Gasteiger partial charge in [-0.25, -0.2) is 8.78 Å². The van der Waals surface area contributed by atoms with Gasteiger partial charge in [-0.05, 0) is 40.8 Å². The zero-order valence-corrected chi connectivity index (χ0v) is 11.6. The lowest BCUT2D eigenvalue weighted by atomic mass is 10.3. The molecule has 0 aliphatic carbocycles. The third kappa shape index (κ3) is 2.86. The maximum absolute atomic E-state index is 13.4. The molecule has 0 amide bonds. The fourth-order valence-electron chi connectivity index (χ4n) is 1.25. The second-order valence-electron chi connectivity index (χ2n) is 3.34. The number of pyridine rings is 1. The molecule has 2 aromatic rings. The van der Waals surface area contributed by atoms with Gasteiger partial charge >= 0.3 is 0 Å². The van der Waals surface area contributed by atoms with E-state index in [1.165, 1.54) is 0 Å². The van der Waals surface area contributed by atoms with Gasteiger partial charge in [0.1, 0.15) is 0 Å². The Labute approximate surface area is 119 Å². The number of aromatic nitrogens is 1. The molecule has 0 saturated heterocycles. The predicted molar refractivity (Wildman–Crippen MR) is 71.6 cm³/mol. The van der Waals surface area contributed by atoms with Gasteiger partial charge in [0.15, 0.2) is 17.5 Å². The number of rotatable bonds is 2. The van der Waals surface area contributed by atoms with Crippen molar-refractivity contribution in [3.63, 3.8) is 0 Å². The normalized spacial score (nSPS) is 10.5. The SMILES string of the molecule is Fc1cc(F)c(Nc2ccc(Cl)cc2I)nc1F. The van der Waals surface area contributed by atoms with Gasteiger partial charge in [0.25, 0.3) is 5.95 Å². The van der Waals surface area contributed by atoms with Crippen molar-refractivity contribution in [2.75, 3.05) is 5.32 Å². The third-order valence-electron chi connectivity index (χ3n) is 2.07. The molecule has 2 nitrogen and oxygen atoms in total. The van der Waals surface area contributed by atoms with E-state index in [-0.39, 0.29) is 5.82 Å². The lowest BCUT2D eigenvalue weighted by Gasteiger charge is -2.09. The first-order valence-electron chi connectivity index (χ1n) is 4.71. The van der Waals surface area contributed by atoms with Gasteiger partial charge in [0, 0.05) is 14.7 Å². The molecule has 94 valence electrons. The molecule has 0 aliphatic rings. The topological polar surface area (TPSA) is 24.9 Å². The molecule has 2 rings (SSSR count). The number of hydrogen-bond donors (Lipinski definition) is 1. The molecule has 7 heteroatoms. The van der Waals surface area contributed by atoms with E-state index in [0.717, 1.165) is 0 Å². The van der Waals surface area contributed by atoms with Crippen LogP contribution < -0.4 is 5.32 Å². The summed E-state index contributed by atoms with van der Waals surface area (Å²) in [7, 11) is 0. The Balaban J connectivity index is 2.37. The molecular formula is C11H5ClF3IN2. The number of nitrogens with one attached hydrogen (secondary N) is 1. The first kappa shape index (κ1) is 13.4. The molecule has 0 bridgehead atoms. The third-order valence-corrected chi connectivity index (χ3v) is 3.20. The summed E-state index contributed by atoms with van der Waals surface area (Å²) in [4.78, 5) is 3.17. The maximum atomic E-state index is 13.4. The lowest BCUT2D eigenvalue weighted by molar-refractivity contribution is 0.467. The molecule has 18 heavy (non-hydrogen) atoms. The van der Waals surface area contributed by atoms with Crippen LogP contribution in [0.5, 0.6) is 0 Å². The minimum atomic E-state index is -1.36. The van der Waals surface area contributed by atoms with Crippen LogP contribution in [0.4, 0.5) is 24.7 Å². The summed E-state index contributed by atoms with van der Waals surface area (Å²) in [6.45, 7) is 0. The Morgan fingerprint density at radius 3 is 2.50 bits per heavy atom. The van der Waals surface area contributed by atoms with Crippen LogP contribution in [0.25, 0.3) is 0 Å². The molecule has 1 N–H and O–H groups in total. The van der Waals surface area contributed by atoms with Crippen LogP contribution in [-0.2, 0) is 0 Å². The Bertz CT molecular complexity index is 607. The highest BCUT2D eigenvalue weighted by Crippen LogP contribution is 2.26.